The lowest BCUT2D eigenvalue weighted by Crippen LogP contribution is -2.43. The number of halogens is 1. The first-order chi connectivity index (χ1) is 7.20. The van der Waals surface area contributed by atoms with Crippen molar-refractivity contribution in [3.63, 3.8) is 0 Å². The maximum Gasteiger partial charge on any atom is 0.137 e. The highest BCUT2D eigenvalue weighted by atomic mass is 35.5. The average molecular weight is 226 g/mol. The highest BCUT2D eigenvalue weighted by Gasteiger charge is 2.25. The molecular formula is C12H16ClNO. The van der Waals surface area contributed by atoms with Crippen molar-refractivity contribution in [1.29, 1.82) is 0 Å². The molecular weight excluding hydrogens is 210 g/mol. The van der Waals surface area contributed by atoms with Crippen molar-refractivity contribution >= 4 is 11.6 Å². The van der Waals surface area contributed by atoms with Crippen LogP contribution in [0.4, 0.5) is 0 Å². The minimum atomic E-state index is 0.466. The summed E-state index contributed by atoms with van der Waals surface area (Å²) in [5, 5.41) is 4.14. The van der Waals surface area contributed by atoms with Gasteiger partial charge in [-0.15, -0.1) is 0 Å². The molecule has 15 heavy (non-hydrogen) atoms. The largest absolute Gasteiger partial charge is 0.492 e. The summed E-state index contributed by atoms with van der Waals surface area (Å²) in [6.07, 6.45) is 1.18. The molecule has 0 radical (unpaired) electrons. The molecule has 3 heteroatoms. The van der Waals surface area contributed by atoms with E-state index in [1.165, 1.54) is 12.0 Å². The van der Waals surface area contributed by atoms with E-state index in [4.69, 9.17) is 16.3 Å². The van der Waals surface area contributed by atoms with E-state index in [0.717, 1.165) is 5.75 Å². The van der Waals surface area contributed by atoms with Gasteiger partial charge in [-0.25, -0.2) is 0 Å². The van der Waals surface area contributed by atoms with Crippen LogP contribution >= 0.6 is 11.6 Å². The van der Waals surface area contributed by atoms with Crippen LogP contribution in [0.1, 0.15) is 31.9 Å². The van der Waals surface area contributed by atoms with E-state index in [-0.39, 0.29) is 0 Å². The van der Waals surface area contributed by atoms with Gasteiger partial charge in [0, 0.05) is 12.1 Å². The fourth-order valence-electron chi connectivity index (χ4n) is 1.91. The van der Waals surface area contributed by atoms with E-state index in [9.17, 15) is 0 Å². The molecule has 1 N–H and O–H groups in total. The molecule has 1 fully saturated rings. The number of hydrogen-bond acceptors (Lipinski definition) is 2. The molecule has 82 valence electrons. The van der Waals surface area contributed by atoms with Gasteiger partial charge in [0.15, 0.2) is 0 Å². The summed E-state index contributed by atoms with van der Waals surface area (Å²) < 4.78 is 5.39. The van der Waals surface area contributed by atoms with Gasteiger partial charge in [0.1, 0.15) is 5.75 Å². The van der Waals surface area contributed by atoms with Crippen LogP contribution in [-0.2, 0) is 0 Å². The van der Waals surface area contributed by atoms with E-state index >= 15 is 0 Å². The second-order valence-corrected chi connectivity index (χ2v) is 4.39. The number of nitrogens with one attached hydrogen (secondary N) is 1. The number of ether oxygens (including phenoxy) is 1. The first kappa shape index (κ1) is 10.8. The predicted molar refractivity (Wildman–Crippen MR) is 62.6 cm³/mol. The summed E-state index contributed by atoms with van der Waals surface area (Å²) >= 11 is 6.12. The van der Waals surface area contributed by atoms with Gasteiger partial charge < -0.3 is 10.1 Å². The summed E-state index contributed by atoms with van der Waals surface area (Å²) in [6.45, 7) is 4.80. The fraction of sp³-hybridized carbons (Fsp3) is 0.500. The third kappa shape index (κ3) is 2.27. The Morgan fingerprint density at radius 1 is 1.53 bits per heavy atom. The Balaban J connectivity index is 2.11. The van der Waals surface area contributed by atoms with Crippen LogP contribution in [0.15, 0.2) is 18.2 Å². The molecule has 0 aliphatic carbocycles. The van der Waals surface area contributed by atoms with Gasteiger partial charge in [-0.1, -0.05) is 17.7 Å². The highest BCUT2D eigenvalue weighted by Crippen LogP contribution is 2.32. The van der Waals surface area contributed by atoms with Crippen LogP contribution in [0.25, 0.3) is 0 Å². The average Bonchev–Trinajstić information content (AvgIpc) is 2.17. The zero-order valence-corrected chi connectivity index (χ0v) is 9.84. The van der Waals surface area contributed by atoms with Crippen LogP contribution in [0, 0.1) is 0 Å². The van der Waals surface area contributed by atoms with Gasteiger partial charge >= 0.3 is 0 Å². The van der Waals surface area contributed by atoms with Gasteiger partial charge in [0.25, 0.3) is 0 Å². The maximum absolute atomic E-state index is 6.12. The SMILES string of the molecule is CCOc1ccc(C2CC(C)N2)cc1Cl. The second-order valence-electron chi connectivity index (χ2n) is 3.98. The molecule has 1 aliphatic heterocycles. The summed E-state index contributed by atoms with van der Waals surface area (Å²) in [5.74, 6) is 0.773. The van der Waals surface area contributed by atoms with Crippen LogP contribution in [0.5, 0.6) is 5.75 Å². The van der Waals surface area contributed by atoms with Crippen LogP contribution in [0.3, 0.4) is 0 Å². The van der Waals surface area contributed by atoms with Crippen molar-refractivity contribution in [1.82, 2.24) is 5.32 Å². The van der Waals surface area contributed by atoms with E-state index in [1.54, 1.807) is 0 Å². The lowest BCUT2D eigenvalue weighted by molar-refractivity contribution is 0.287. The third-order valence-electron chi connectivity index (χ3n) is 2.73. The Hall–Kier alpha value is -0.730. The van der Waals surface area contributed by atoms with Crippen molar-refractivity contribution in [3.05, 3.63) is 28.8 Å². The third-order valence-corrected chi connectivity index (χ3v) is 3.03. The van der Waals surface area contributed by atoms with Crippen LogP contribution in [-0.4, -0.2) is 12.6 Å². The van der Waals surface area contributed by atoms with E-state index < -0.39 is 0 Å². The van der Waals surface area contributed by atoms with Gasteiger partial charge in [0.2, 0.25) is 0 Å². The molecule has 0 bridgehead atoms. The van der Waals surface area contributed by atoms with Crippen LogP contribution < -0.4 is 10.1 Å². The summed E-state index contributed by atoms with van der Waals surface area (Å²) in [4.78, 5) is 0. The molecule has 0 saturated carbocycles. The predicted octanol–water partition coefficient (Wildman–Crippen LogP) is 3.16. The molecule has 0 spiro atoms. The Bertz CT molecular complexity index is 347. The van der Waals surface area contributed by atoms with E-state index in [0.29, 0.717) is 23.7 Å². The van der Waals surface area contributed by atoms with Crippen molar-refractivity contribution < 1.29 is 4.74 Å². The standard InChI is InChI=1S/C12H16ClNO/c1-3-15-12-5-4-9(7-10(12)13)11-6-8(2)14-11/h4-5,7-8,11,14H,3,6H2,1-2H3. The maximum atomic E-state index is 6.12. The topological polar surface area (TPSA) is 21.3 Å². The Morgan fingerprint density at radius 2 is 2.27 bits per heavy atom. The first-order valence-electron chi connectivity index (χ1n) is 5.39. The molecule has 2 rings (SSSR count). The molecule has 2 nitrogen and oxygen atoms in total. The van der Waals surface area contributed by atoms with Crippen molar-refractivity contribution in [2.45, 2.75) is 32.4 Å². The van der Waals surface area contributed by atoms with Gasteiger partial charge in [0.05, 0.1) is 11.6 Å². The molecule has 0 aromatic heterocycles. The Labute approximate surface area is 95.6 Å². The normalized spacial score (nSPS) is 24.7. The number of rotatable bonds is 3. The van der Waals surface area contributed by atoms with Crippen molar-refractivity contribution in [2.24, 2.45) is 0 Å². The van der Waals surface area contributed by atoms with Crippen LogP contribution in [0.2, 0.25) is 5.02 Å². The molecule has 0 amide bonds. The van der Waals surface area contributed by atoms with E-state index in [1.807, 2.05) is 19.1 Å². The molecule has 1 saturated heterocycles. The highest BCUT2D eigenvalue weighted by molar-refractivity contribution is 6.32. The summed E-state index contributed by atoms with van der Waals surface area (Å²) in [5.41, 5.74) is 1.25. The van der Waals surface area contributed by atoms with Crippen molar-refractivity contribution in [2.75, 3.05) is 6.61 Å². The zero-order valence-electron chi connectivity index (χ0n) is 9.09. The molecule has 2 atom stereocenters. The quantitative estimate of drug-likeness (QED) is 0.853. The molecule has 2 unspecified atom stereocenters. The summed E-state index contributed by atoms with van der Waals surface area (Å²) in [6, 6.07) is 7.12. The Kier molecular flexibility index (Phi) is 3.17. The van der Waals surface area contributed by atoms with Gasteiger partial charge in [-0.05, 0) is 38.0 Å². The van der Waals surface area contributed by atoms with Gasteiger partial charge in [-0.2, -0.15) is 0 Å². The smallest absolute Gasteiger partial charge is 0.137 e. The zero-order chi connectivity index (χ0) is 10.8. The number of benzene rings is 1. The lowest BCUT2D eigenvalue weighted by Gasteiger charge is -2.35. The van der Waals surface area contributed by atoms with Crippen molar-refractivity contribution in [3.8, 4) is 5.75 Å². The lowest BCUT2D eigenvalue weighted by atomic mass is 9.92. The molecule has 1 aliphatic rings. The van der Waals surface area contributed by atoms with Gasteiger partial charge in [-0.3, -0.25) is 0 Å². The Morgan fingerprint density at radius 3 is 2.80 bits per heavy atom. The summed E-state index contributed by atoms with van der Waals surface area (Å²) in [7, 11) is 0. The fourth-order valence-corrected chi connectivity index (χ4v) is 2.15. The van der Waals surface area contributed by atoms with E-state index in [2.05, 4.69) is 18.3 Å². The molecule has 1 heterocycles. The monoisotopic (exact) mass is 225 g/mol. The minimum Gasteiger partial charge on any atom is -0.492 e. The minimum absolute atomic E-state index is 0.466. The second kappa shape index (κ2) is 4.42. The first-order valence-corrected chi connectivity index (χ1v) is 5.76. The number of hydrogen-bond donors (Lipinski definition) is 1. The molecule has 1 aromatic carbocycles. The molecule has 1 aromatic rings.